The molecule has 1 amide bonds. The number of benzene rings is 1. The van der Waals surface area contributed by atoms with Gasteiger partial charge in [0.1, 0.15) is 5.75 Å². The number of anilines is 1. The molecule has 0 saturated heterocycles. The van der Waals surface area contributed by atoms with Gasteiger partial charge in [-0.1, -0.05) is 19.1 Å². The van der Waals surface area contributed by atoms with Gasteiger partial charge in [0.25, 0.3) is 0 Å². The highest BCUT2D eigenvalue weighted by atomic mass is 16.5. The second-order valence-electron chi connectivity index (χ2n) is 5.55. The lowest BCUT2D eigenvalue weighted by Gasteiger charge is -2.17. The first kappa shape index (κ1) is 15.4. The van der Waals surface area contributed by atoms with Crippen molar-refractivity contribution in [1.82, 2.24) is 0 Å². The van der Waals surface area contributed by atoms with Crippen LogP contribution in [0, 0.1) is 17.8 Å². The van der Waals surface area contributed by atoms with E-state index in [0.717, 1.165) is 0 Å². The van der Waals surface area contributed by atoms with Crippen molar-refractivity contribution < 1.29 is 19.4 Å². The molecule has 1 fully saturated rings. The molecule has 0 heterocycles. The Bertz CT molecular complexity index is 529. The Morgan fingerprint density at radius 3 is 2.62 bits per heavy atom. The van der Waals surface area contributed by atoms with E-state index in [0.29, 0.717) is 30.9 Å². The van der Waals surface area contributed by atoms with Crippen molar-refractivity contribution in [2.45, 2.75) is 26.7 Å². The highest BCUT2D eigenvalue weighted by Gasteiger charge is 2.41. The van der Waals surface area contributed by atoms with Crippen molar-refractivity contribution in [2.75, 3.05) is 11.9 Å². The Morgan fingerprint density at radius 2 is 1.95 bits per heavy atom. The molecule has 1 aliphatic carbocycles. The van der Waals surface area contributed by atoms with Crippen LogP contribution in [0.25, 0.3) is 0 Å². The third kappa shape index (κ3) is 3.54. The van der Waals surface area contributed by atoms with Gasteiger partial charge in [0, 0.05) is 0 Å². The maximum absolute atomic E-state index is 12.4. The zero-order valence-corrected chi connectivity index (χ0v) is 12.3. The molecule has 1 aromatic carbocycles. The fourth-order valence-corrected chi connectivity index (χ4v) is 2.93. The second-order valence-corrected chi connectivity index (χ2v) is 5.55. The molecule has 0 radical (unpaired) electrons. The smallest absolute Gasteiger partial charge is 0.307 e. The standard InChI is InChI=1S/C16H21NO4/c1-3-21-14-7-5-4-6-13(14)17-15(18)11-8-10(2)9-12(11)16(19)20/h4-7,10-12H,3,8-9H2,1-2H3,(H,17,18)(H,19,20). The van der Waals surface area contributed by atoms with Crippen molar-refractivity contribution in [1.29, 1.82) is 0 Å². The van der Waals surface area contributed by atoms with Crippen LogP contribution in [0.3, 0.4) is 0 Å². The van der Waals surface area contributed by atoms with E-state index in [2.05, 4.69) is 5.32 Å². The van der Waals surface area contributed by atoms with Crippen molar-refractivity contribution in [3.63, 3.8) is 0 Å². The highest BCUT2D eigenvalue weighted by molar-refractivity contribution is 5.96. The van der Waals surface area contributed by atoms with Gasteiger partial charge < -0.3 is 15.2 Å². The summed E-state index contributed by atoms with van der Waals surface area (Å²) in [6, 6.07) is 7.19. The number of carbonyl (C=O) groups is 2. The molecule has 0 aliphatic heterocycles. The molecule has 5 heteroatoms. The van der Waals surface area contributed by atoms with Gasteiger partial charge in [0.05, 0.1) is 24.1 Å². The van der Waals surface area contributed by atoms with Crippen molar-refractivity contribution in [3.8, 4) is 5.75 Å². The van der Waals surface area contributed by atoms with Crippen LogP contribution in [0.15, 0.2) is 24.3 Å². The first-order valence-electron chi connectivity index (χ1n) is 7.28. The van der Waals surface area contributed by atoms with Gasteiger partial charge in [-0.2, -0.15) is 0 Å². The molecule has 2 N–H and O–H groups in total. The average molecular weight is 291 g/mol. The SMILES string of the molecule is CCOc1ccccc1NC(=O)C1CC(C)CC1C(=O)O. The second kappa shape index (κ2) is 6.61. The summed E-state index contributed by atoms with van der Waals surface area (Å²) in [6.45, 7) is 4.36. The molecule has 1 aromatic rings. The monoisotopic (exact) mass is 291 g/mol. The minimum Gasteiger partial charge on any atom is -0.492 e. The molecule has 0 spiro atoms. The average Bonchev–Trinajstić information content (AvgIpc) is 2.84. The Balaban J connectivity index is 2.12. The van der Waals surface area contributed by atoms with E-state index in [1.54, 1.807) is 12.1 Å². The number of amides is 1. The van der Waals surface area contributed by atoms with Crippen LogP contribution < -0.4 is 10.1 Å². The first-order chi connectivity index (χ1) is 10.0. The molecule has 0 bridgehead atoms. The van der Waals surface area contributed by atoms with Gasteiger partial charge in [0.15, 0.2) is 0 Å². The van der Waals surface area contributed by atoms with Crippen molar-refractivity contribution in [3.05, 3.63) is 24.3 Å². The number of ether oxygens (including phenoxy) is 1. The van der Waals surface area contributed by atoms with Crippen LogP contribution in [0.1, 0.15) is 26.7 Å². The number of hydrogen-bond acceptors (Lipinski definition) is 3. The third-order valence-electron chi connectivity index (χ3n) is 3.90. The van der Waals surface area contributed by atoms with E-state index in [4.69, 9.17) is 4.74 Å². The summed E-state index contributed by atoms with van der Waals surface area (Å²) in [4.78, 5) is 23.7. The molecule has 3 atom stereocenters. The highest BCUT2D eigenvalue weighted by Crippen LogP contribution is 2.37. The maximum atomic E-state index is 12.4. The number of carboxylic acid groups (broad SMARTS) is 1. The van der Waals surface area contributed by atoms with E-state index in [1.807, 2.05) is 26.0 Å². The lowest BCUT2D eigenvalue weighted by atomic mass is 9.95. The molecular formula is C16H21NO4. The molecule has 1 aliphatic rings. The molecule has 114 valence electrons. The third-order valence-corrected chi connectivity index (χ3v) is 3.90. The van der Waals surface area contributed by atoms with Crippen LogP contribution in [-0.4, -0.2) is 23.6 Å². The number of carboxylic acids is 1. The number of rotatable bonds is 5. The Hall–Kier alpha value is -2.04. The lowest BCUT2D eigenvalue weighted by molar-refractivity contribution is -0.145. The van der Waals surface area contributed by atoms with Gasteiger partial charge >= 0.3 is 5.97 Å². The van der Waals surface area contributed by atoms with Gasteiger partial charge in [-0.15, -0.1) is 0 Å². The number of carbonyl (C=O) groups excluding carboxylic acids is 1. The van der Waals surface area contributed by atoms with Crippen molar-refractivity contribution in [2.24, 2.45) is 17.8 Å². The summed E-state index contributed by atoms with van der Waals surface area (Å²) in [5.74, 6) is -1.35. The number of nitrogens with one attached hydrogen (secondary N) is 1. The van der Waals surface area contributed by atoms with Crippen LogP contribution in [0.4, 0.5) is 5.69 Å². The maximum Gasteiger partial charge on any atom is 0.307 e. The molecular weight excluding hydrogens is 270 g/mol. The summed E-state index contributed by atoms with van der Waals surface area (Å²) < 4.78 is 5.46. The van der Waals surface area contributed by atoms with E-state index < -0.39 is 17.8 Å². The molecule has 3 unspecified atom stereocenters. The molecule has 1 saturated carbocycles. The minimum atomic E-state index is -0.891. The van der Waals surface area contributed by atoms with Crippen LogP contribution in [0.2, 0.25) is 0 Å². The van der Waals surface area contributed by atoms with E-state index in [9.17, 15) is 14.7 Å². The molecule has 5 nitrogen and oxygen atoms in total. The molecule has 2 rings (SSSR count). The van der Waals surface area contributed by atoms with E-state index in [1.165, 1.54) is 0 Å². The lowest BCUT2D eigenvalue weighted by Crippen LogP contribution is -2.30. The minimum absolute atomic E-state index is 0.237. The predicted molar refractivity (Wildman–Crippen MR) is 79.3 cm³/mol. The largest absolute Gasteiger partial charge is 0.492 e. The Morgan fingerprint density at radius 1 is 1.29 bits per heavy atom. The Kier molecular flexibility index (Phi) is 4.83. The predicted octanol–water partition coefficient (Wildman–Crippen LogP) is 2.77. The summed E-state index contributed by atoms with van der Waals surface area (Å²) in [7, 11) is 0. The van der Waals surface area contributed by atoms with Gasteiger partial charge in [-0.25, -0.2) is 0 Å². The number of hydrogen-bond donors (Lipinski definition) is 2. The quantitative estimate of drug-likeness (QED) is 0.874. The molecule has 21 heavy (non-hydrogen) atoms. The van der Waals surface area contributed by atoms with Gasteiger partial charge in [0.2, 0.25) is 5.91 Å². The summed E-state index contributed by atoms with van der Waals surface area (Å²) in [5, 5.41) is 12.1. The van der Waals surface area contributed by atoms with E-state index >= 15 is 0 Å². The van der Waals surface area contributed by atoms with Crippen LogP contribution >= 0.6 is 0 Å². The zero-order chi connectivity index (χ0) is 15.4. The van der Waals surface area contributed by atoms with Crippen LogP contribution in [0.5, 0.6) is 5.75 Å². The van der Waals surface area contributed by atoms with E-state index in [-0.39, 0.29) is 11.8 Å². The van der Waals surface area contributed by atoms with Gasteiger partial charge in [-0.05, 0) is 37.8 Å². The summed E-state index contributed by atoms with van der Waals surface area (Å²) in [5.41, 5.74) is 0.591. The fourth-order valence-electron chi connectivity index (χ4n) is 2.93. The van der Waals surface area contributed by atoms with Crippen LogP contribution in [-0.2, 0) is 9.59 Å². The number of para-hydroxylation sites is 2. The molecule has 0 aromatic heterocycles. The van der Waals surface area contributed by atoms with Crippen molar-refractivity contribution >= 4 is 17.6 Å². The summed E-state index contributed by atoms with van der Waals surface area (Å²) in [6.07, 6.45) is 1.17. The Labute approximate surface area is 124 Å². The summed E-state index contributed by atoms with van der Waals surface area (Å²) >= 11 is 0. The zero-order valence-electron chi connectivity index (χ0n) is 12.3. The fraction of sp³-hybridized carbons (Fsp3) is 0.500. The topological polar surface area (TPSA) is 75.6 Å². The normalized spacial score (nSPS) is 24.6. The number of aliphatic carboxylic acids is 1. The van der Waals surface area contributed by atoms with Gasteiger partial charge in [-0.3, -0.25) is 9.59 Å². The first-order valence-corrected chi connectivity index (χ1v) is 7.28.